The number of benzene rings is 2. The first-order valence-corrected chi connectivity index (χ1v) is 13.0. The van der Waals surface area contributed by atoms with Crippen LogP contribution in [0.4, 0.5) is 4.79 Å². The standard InChI is InChI=1S/C29H33NO5/c1-28(13-14-28)26(31)35-34-22-11-10-21-17-25-23-9-5-6-12-29(23,24(21)18-22)15-16-30(25)27(32)33-19-20-7-3-2-4-8-20/h2-4,7-8,10-11,18,23,25H,5-6,9,12-17,19H2,1H3/t23-,25+,29+/m0/s1. The third-order valence-electron chi connectivity index (χ3n) is 8.95. The Hall–Kier alpha value is -3.02. The zero-order chi connectivity index (χ0) is 24.0. The normalized spacial score (nSPS) is 27.7. The van der Waals surface area contributed by atoms with Gasteiger partial charge < -0.3 is 9.64 Å². The van der Waals surface area contributed by atoms with Crippen molar-refractivity contribution >= 4 is 12.1 Å². The van der Waals surface area contributed by atoms with Gasteiger partial charge in [-0.1, -0.05) is 49.2 Å². The highest BCUT2D eigenvalue weighted by Crippen LogP contribution is 2.56. The Bertz CT molecular complexity index is 1130. The van der Waals surface area contributed by atoms with Crippen molar-refractivity contribution in [2.24, 2.45) is 11.3 Å². The number of fused-ring (bicyclic) bond motifs is 1. The van der Waals surface area contributed by atoms with Crippen LogP contribution in [0, 0.1) is 11.3 Å². The first-order valence-electron chi connectivity index (χ1n) is 13.0. The minimum atomic E-state index is -0.378. The topological polar surface area (TPSA) is 65.1 Å². The van der Waals surface area contributed by atoms with E-state index in [0.29, 0.717) is 24.8 Å². The van der Waals surface area contributed by atoms with E-state index in [9.17, 15) is 9.59 Å². The lowest BCUT2D eigenvalue weighted by molar-refractivity contribution is -0.219. The first-order chi connectivity index (χ1) is 17.0. The number of amides is 1. The van der Waals surface area contributed by atoms with Gasteiger partial charge in [0.05, 0.1) is 5.41 Å². The summed E-state index contributed by atoms with van der Waals surface area (Å²) in [6.07, 6.45) is 7.87. The van der Waals surface area contributed by atoms with E-state index in [0.717, 1.165) is 44.1 Å². The predicted molar refractivity (Wildman–Crippen MR) is 130 cm³/mol. The maximum atomic E-state index is 13.2. The quantitative estimate of drug-likeness (QED) is 0.409. The lowest BCUT2D eigenvalue weighted by Crippen LogP contribution is -2.62. The van der Waals surface area contributed by atoms with Crippen molar-refractivity contribution in [3.05, 3.63) is 65.2 Å². The number of likely N-dealkylation sites (tertiary alicyclic amines) is 1. The Balaban J connectivity index is 1.22. The van der Waals surface area contributed by atoms with Crippen LogP contribution in [0.2, 0.25) is 0 Å². The number of carbonyl (C=O) groups is 2. The Morgan fingerprint density at radius 2 is 1.86 bits per heavy atom. The van der Waals surface area contributed by atoms with Crippen molar-refractivity contribution < 1.29 is 24.1 Å². The second kappa shape index (κ2) is 8.58. The van der Waals surface area contributed by atoms with Gasteiger partial charge in [-0.25, -0.2) is 14.5 Å². The van der Waals surface area contributed by atoms with Crippen molar-refractivity contribution in [3.8, 4) is 5.75 Å². The summed E-state index contributed by atoms with van der Waals surface area (Å²) >= 11 is 0. The minimum Gasteiger partial charge on any atom is -0.445 e. The monoisotopic (exact) mass is 475 g/mol. The molecule has 0 unspecified atom stereocenters. The van der Waals surface area contributed by atoms with Crippen LogP contribution >= 0.6 is 0 Å². The van der Waals surface area contributed by atoms with E-state index >= 15 is 0 Å². The zero-order valence-corrected chi connectivity index (χ0v) is 20.3. The van der Waals surface area contributed by atoms with Gasteiger partial charge in [0.1, 0.15) is 6.61 Å². The van der Waals surface area contributed by atoms with E-state index in [1.807, 2.05) is 48.2 Å². The molecule has 6 rings (SSSR count). The van der Waals surface area contributed by atoms with E-state index in [1.165, 1.54) is 24.0 Å². The molecule has 6 nitrogen and oxygen atoms in total. The maximum absolute atomic E-state index is 13.2. The number of hydrogen-bond acceptors (Lipinski definition) is 5. The summed E-state index contributed by atoms with van der Waals surface area (Å²) in [4.78, 5) is 38.1. The Morgan fingerprint density at radius 3 is 2.66 bits per heavy atom. The molecule has 0 N–H and O–H groups in total. The molecule has 3 aliphatic carbocycles. The van der Waals surface area contributed by atoms with Gasteiger partial charge in [-0.3, -0.25) is 4.89 Å². The van der Waals surface area contributed by atoms with Gasteiger partial charge in [0.2, 0.25) is 0 Å². The SMILES string of the molecule is CC1(C(=O)OOc2ccc3c(c2)[C@@]24CCCC[C@H]2[C@@H](C3)N(C(=O)OCc2ccccc2)CC4)CC1. The fraction of sp³-hybridized carbons (Fsp3) is 0.517. The minimum absolute atomic E-state index is 0.0402. The van der Waals surface area contributed by atoms with Crippen LogP contribution in [-0.4, -0.2) is 29.5 Å². The molecule has 0 aromatic heterocycles. The summed E-state index contributed by atoms with van der Waals surface area (Å²) in [5.41, 5.74) is 3.25. The lowest BCUT2D eigenvalue weighted by Gasteiger charge is -2.58. The van der Waals surface area contributed by atoms with Crippen molar-refractivity contribution in [3.63, 3.8) is 0 Å². The second-order valence-electron chi connectivity index (χ2n) is 11.1. The number of nitrogens with zero attached hydrogens (tertiary/aromatic N) is 1. The van der Waals surface area contributed by atoms with E-state index in [1.54, 1.807) is 0 Å². The van der Waals surface area contributed by atoms with Crippen molar-refractivity contribution in [1.82, 2.24) is 4.90 Å². The lowest BCUT2D eigenvalue weighted by atomic mass is 9.52. The highest BCUT2D eigenvalue weighted by molar-refractivity contribution is 5.78. The molecule has 2 bridgehead atoms. The summed E-state index contributed by atoms with van der Waals surface area (Å²) in [5.74, 6) is 0.708. The highest BCUT2D eigenvalue weighted by atomic mass is 17.2. The van der Waals surface area contributed by atoms with Gasteiger partial charge in [-0.05, 0) is 80.2 Å². The van der Waals surface area contributed by atoms with E-state index < -0.39 is 0 Å². The molecule has 6 heteroatoms. The fourth-order valence-corrected chi connectivity index (χ4v) is 6.64. The molecular formula is C29H33NO5. The molecule has 3 fully saturated rings. The predicted octanol–water partition coefficient (Wildman–Crippen LogP) is 5.72. The molecule has 184 valence electrons. The van der Waals surface area contributed by atoms with Crippen molar-refractivity contribution in [2.75, 3.05) is 6.54 Å². The van der Waals surface area contributed by atoms with E-state index in [4.69, 9.17) is 14.5 Å². The molecule has 1 saturated heterocycles. The van der Waals surface area contributed by atoms with Crippen LogP contribution in [0.3, 0.4) is 0 Å². The van der Waals surface area contributed by atoms with Crippen LogP contribution in [0.5, 0.6) is 5.75 Å². The summed E-state index contributed by atoms with van der Waals surface area (Å²) in [7, 11) is 0. The third-order valence-corrected chi connectivity index (χ3v) is 8.95. The molecule has 3 atom stereocenters. The maximum Gasteiger partial charge on any atom is 0.410 e. The fourth-order valence-electron chi connectivity index (χ4n) is 6.64. The third kappa shape index (κ3) is 3.97. The van der Waals surface area contributed by atoms with Crippen LogP contribution in [0.15, 0.2) is 48.5 Å². The van der Waals surface area contributed by atoms with Gasteiger partial charge >= 0.3 is 12.1 Å². The number of hydrogen-bond donors (Lipinski definition) is 0. The smallest absolute Gasteiger partial charge is 0.410 e. The van der Waals surface area contributed by atoms with Crippen LogP contribution in [0.25, 0.3) is 0 Å². The molecule has 4 aliphatic rings. The average molecular weight is 476 g/mol. The number of ether oxygens (including phenoxy) is 1. The Morgan fingerprint density at radius 1 is 1.03 bits per heavy atom. The van der Waals surface area contributed by atoms with Gasteiger partial charge in [-0.15, -0.1) is 0 Å². The van der Waals surface area contributed by atoms with Gasteiger partial charge in [-0.2, -0.15) is 0 Å². The number of rotatable bonds is 5. The largest absolute Gasteiger partial charge is 0.445 e. The average Bonchev–Trinajstić information content (AvgIpc) is 3.65. The molecule has 2 aromatic rings. The molecule has 0 radical (unpaired) electrons. The molecule has 1 amide bonds. The summed E-state index contributed by atoms with van der Waals surface area (Å²) in [6, 6.07) is 16.1. The molecule has 2 aromatic carbocycles. The van der Waals surface area contributed by atoms with Crippen LogP contribution < -0.4 is 4.89 Å². The zero-order valence-electron chi connectivity index (χ0n) is 20.3. The molecule has 1 aliphatic heterocycles. The molecule has 35 heavy (non-hydrogen) atoms. The van der Waals surface area contributed by atoms with Crippen LogP contribution in [-0.2, 0) is 32.9 Å². The summed E-state index contributed by atoms with van der Waals surface area (Å²) < 4.78 is 5.75. The molecule has 1 heterocycles. The number of piperidine rings is 1. The van der Waals surface area contributed by atoms with Gasteiger partial charge in [0.15, 0.2) is 5.75 Å². The van der Waals surface area contributed by atoms with Gasteiger partial charge in [0, 0.05) is 18.0 Å². The van der Waals surface area contributed by atoms with E-state index in [-0.39, 0.29) is 28.9 Å². The molecule has 0 spiro atoms. The van der Waals surface area contributed by atoms with Crippen molar-refractivity contribution in [2.45, 2.75) is 76.4 Å². The Kier molecular flexibility index (Phi) is 5.50. The first kappa shape index (κ1) is 22.4. The van der Waals surface area contributed by atoms with Crippen LogP contribution in [0.1, 0.15) is 68.6 Å². The summed E-state index contributed by atoms with van der Waals surface area (Å²) in [6.45, 7) is 2.91. The van der Waals surface area contributed by atoms with E-state index in [2.05, 4.69) is 12.1 Å². The number of carbonyl (C=O) groups excluding carboxylic acids is 2. The molecule has 2 saturated carbocycles. The van der Waals surface area contributed by atoms with Crippen molar-refractivity contribution in [1.29, 1.82) is 0 Å². The highest BCUT2D eigenvalue weighted by Gasteiger charge is 2.55. The second-order valence-corrected chi connectivity index (χ2v) is 11.1. The molecular weight excluding hydrogens is 442 g/mol. The van der Waals surface area contributed by atoms with Gasteiger partial charge in [0.25, 0.3) is 0 Å². The Labute approximate surface area is 206 Å². The summed E-state index contributed by atoms with van der Waals surface area (Å²) in [5, 5.41) is 0.